The summed E-state index contributed by atoms with van der Waals surface area (Å²) in [5.41, 5.74) is -0.0958. The van der Waals surface area contributed by atoms with Crippen LogP contribution in [0.15, 0.2) is 17.2 Å². The Balaban J connectivity index is 1.94. The van der Waals surface area contributed by atoms with Gasteiger partial charge in [0.15, 0.2) is 5.82 Å². The van der Waals surface area contributed by atoms with Crippen molar-refractivity contribution in [2.24, 2.45) is 7.05 Å². The largest absolute Gasteiger partial charge is 0.481 e. The van der Waals surface area contributed by atoms with Crippen LogP contribution in [0.2, 0.25) is 0 Å². The van der Waals surface area contributed by atoms with E-state index in [2.05, 4.69) is 9.88 Å². The molecular formula is C12H18N4O3. The number of carboxylic acid groups (broad SMARTS) is 1. The summed E-state index contributed by atoms with van der Waals surface area (Å²) in [4.78, 5) is 30.6. The van der Waals surface area contributed by atoms with Crippen molar-refractivity contribution < 1.29 is 9.90 Å². The lowest BCUT2D eigenvalue weighted by Gasteiger charge is -2.34. The molecule has 2 rings (SSSR count). The smallest absolute Gasteiger partial charge is 0.304 e. The molecule has 1 saturated heterocycles. The number of hydrogen-bond acceptors (Lipinski definition) is 5. The standard InChI is InChI=1S/C12H18N4O3/c1-14-5-3-13-11(12(14)19)16-8-6-15(7-9-16)4-2-10(17)18/h3,5H,2,4,6-9H2,1H3,(H,17,18). The molecule has 1 aliphatic heterocycles. The molecule has 1 N–H and O–H groups in total. The van der Waals surface area contributed by atoms with E-state index in [9.17, 15) is 9.59 Å². The number of rotatable bonds is 4. The highest BCUT2D eigenvalue weighted by atomic mass is 16.4. The van der Waals surface area contributed by atoms with Crippen LogP contribution < -0.4 is 10.5 Å². The lowest BCUT2D eigenvalue weighted by atomic mass is 10.3. The van der Waals surface area contributed by atoms with Gasteiger partial charge in [-0.3, -0.25) is 14.5 Å². The van der Waals surface area contributed by atoms with E-state index in [1.54, 1.807) is 19.4 Å². The van der Waals surface area contributed by atoms with Gasteiger partial charge < -0.3 is 14.6 Å². The molecule has 1 aliphatic rings. The van der Waals surface area contributed by atoms with E-state index in [0.29, 0.717) is 25.5 Å². The SMILES string of the molecule is Cn1ccnc(N2CCN(CCC(=O)O)CC2)c1=O. The van der Waals surface area contributed by atoms with Gasteiger partial charge in [-0.1, -0.05) is 0 Å². The maximum atomic E-state index is 11.9. The summed E-state index contributed by atoms with van der Waals surface area (Å²) < 4.78 is 1.51. The van der Waals surface area contributed by atoms with Crippen LogP contribution in [-0.2, 0) is 11.8 Å². The molecule has 0 bridgehead atoms. The lowest BCUT2D eigenvalue weighted by Crippen LogP contribution is -2.49. The lowest BCUT2D eigenvalue weighted by molar-refractivity contribution is -0.137. The molecule has 19 heavy (non-hydrogen) atoms. The third-order valence-corrected chi connectivity index (χ3v) is 3.31. The number of hydrogen-bond donors (Lipinski definition) is 1. The number of aryl methyl sites for hydroxylation is 1. The van der Waals surface area contributed by atoms with Crippen LogP contribution in [0, 0.1) is 0 Å². The van der Waals surface area contributed by atoms with Gasteiger partial charge >= 0.3 is 5.97 Å². The van der Waals surface area contributed by atoms with Gasteiger partial charge in [0.1, 0.15) is 0 Å². The van der Waals surface area contributed by atoms with Crippen molar-refractivity contribution in [3.05, 3.63) is 22.7 Å². The minimum atomic E-state index is -0.777. The van der Waals surface area contributed by atoms with E-state index >= 15 is 0 Å². The number of nitrogens with zero attached hydrogens (tertiary/aromatic N) is 4. The van der Waals surface area contributed by atoms with Crippen LogP contribution in [0.4, 0.5) is 5.82 Å². The molecule has 2 heterocycles. The van der Waals surface area contributed by atoms with E-state index in [-0.39, 0.29) is 12.0 Å². The maximum Gasteiger partial charge on any atom is 0.304 e. The van der Waals surface area contributed by atoms with Gasteiger partial charge in [-0.25, -0.2) is 4.98 Å². The normalized spacial score (nSPS) is 16.6. The van der Waals surface area contributed by atoms with Crippen LogP contribution in [-0.4, -0.2) is 58.3 Å². The van der Waals surface area contributed by atoms with Crippen molar-refractivity contribution in [3.8, 4) is 0 Å². The Morgan fingerprint density at radius 1 is 1.37 bits per heavy atom. The summed E-state index contributed by atoms with van der Waals surface area (Å²) in [6.45, 7) is 3.47. The molecule has 0 aromatic carbocycles. The minimum absolute atomic E-state index is 0.0958. The second kappa shape index (κ2) is 5.83. The summed E-state index contributed by atoms with van der Waals surface area (Å²) in [6.07, 6.45) is 3.41. The quantitative estimate of drug-likeness (QED) is 0.782. The molecule has 7 nitrogen and oxygen atoms in total. The van der Waals surface area contributed by atoms with Crippen LogP contribution in [0.25, 0.3) is 0 Å². The summed E-state index contributed by atoms with van der Waals surface area (Å²) in [5.74, 6) is -0.302. The summed E-state index contributed by atoms with van der Waals surface area (Å²) >= 11 is 0. The van der Waals surface area contributed by atoms with Gasteiger partial charge in [-0.05, 0) is 0 Å². The Kier molecular flexibility index (Phi) is 4.16. The van der Waals surface area contributed by atoms with Crippen molar-refractivity contribution in [1.82, 2.24) is 14.5 Å². The predicted octanol–water partition coefficient (Wildman–Crippen LogP) is -0.623. The highest BCUT2D eigenvalue weighted by Gasteiger charge is 2.20. The Bertz CT molecular complexity index is 506. The highest BCUT2D eigenvalue weighted by Crippen LogP contribution is 2.08. The zero-order valence-corrected chi connectivity index (χ0v) is 10.9. The van der Waals surface area contributed by atoms with Crippen molar-refractivity contribution in [2.45, 2.75) is 6.42 Å². The molecule has 1 fully saturated rings. The second-order valence-electron chi connectivity index (χ2n) is 4.64. The Labute approximate surface area is 111 Å². The summed E-state index contributed by atoms with van der Waals surface area (Å²) in [5, 5.41) is 8.65. The van der Waals surface area contributed by atoms with E-state index in [0.717, 1.165) is 13.1 Å². The van der Waals surface area contributed by atoms with Crippen LogP contribution in [0.1, 0.15) is 6.42 Å². The number of carbonyl (C=O) groups is 1. The highest BCUT2D eigenvalue weighted by molar-refractivity contribution is 5.66. The second-order valence-corrected chi connectivity index (χ2v) is 4.64. The molecule has 7 heteroatoms. The van der Waals surface area contributed by atoms with Gasteiger partial charge in [-0.2, -0.15) is 0 Å². The Morgan fingerprint density at radius 2 is 2.05 bits per heavy atom. The van der Waals surface area contributed by atoms with Gasteiger partial charge in [-0.15, -0.1) is 0 Å². The molecule has 0 unspecified atom stereocenters. The molecule has 0 amide bonds. The fourth-order valence-electron chi connectivity index (χ4n) is 2.14. The molecule has 1 aromatic rings. The van der Waals surface area contributed by atoms with E-state index in [1.807, 2.05) is 4.90 Å². The molecule has 0 saturated carbocycles. The van der Waals surface area contributed by atoms with Gasteiger partial charge in [0.05, 0.1) is 6.42 Å². The summed E-state index contributed by atoms with van der Waals surface area (Å²) in [7, 11) is 1.70. The molecule has 1 aromatic heterocycles. The predicted molar refractivity (Wildman–Crippen MR) is 70.4 cm³/mol. The van der Waals surface area contributed by atoms with Crippen molar-refractivity contribution >= 4 is 11.8 Å². The fourth-order valence-corrected chi connectivity index (χ4v) is 2.14. The van der Waals surface area contributed by atoms with Crippen molar-refractivity contribution in [1.29, 1.82) is 0 Å². The van der Waals surface area contributed by atoms with Crippen molar-refractivity contribution in [3.63, 3.8) is 0 Å². The number of aromatic nitrogens is 2. The van der Waals surface area contributed by atoms with Crippen molar-refractivity contribution in [2.75, 3.05) is 37.6 Å². The minimum Gasteiger partial charge on any atom is -0.481 e. The number of carboxylic acids is 1. The Morgan fingerprint density at radius 3 is 2.68 bits per heavy atom. The average Bonchev–Trinajstić information content (AvgIpc) is 2.40. The maximum absolute atomic E-state index is 11.9. The number of aliphatic carboxylic acids is 1. The molecule has 0 radical (unpaired) electrons. The number of piperazine rings is 1. The monoisotopic (exact) mass is 266 g/mol. The third kappa shape index (κ3) is 3.31. The summed E-state index contributed by atoms with van der Waals surface area (Å²) in [6, 6.07) is 0. The number of anilines is 1. The molecule has 0 spiro atoms. The van der Waals surface area contributed by atoms with E-state index < -0.39 is 5.97 Å². The van der Waals surface area contributed by atoms with Gasteiger partial charge in [0, 0.05) is 52.2 Å². The Hall–Kier alpha value is -1.89. The first-order chi connectivity index (χ1) is 9.08. The van der Waals surface area contributed by atoms with E-state index in [1.165, 1.54) is 4.57 Å². The first-order valence-electron chi connectivity index (χ1n) is 6.28. The van der Waals surface area contributed by atoms with Crippen LogP contribution in [0.5, 0.6) is 0 Å². The van der Waals surface area contributed by atoms with Gasteiger partial charge in [0.25, 0.3) is 5.56 Å². The van der Waals surface area contributed by atoms with Crippen LogP contribution in [0.3, 0.4) is 0 Å². The van der Waals surface area contributed by atoms with Gasteiger partial charge in [0.2, 0.25) is 0 Å². The first kappa shape index (κ1) is 13.5. The first-order valence-corrected chi connectivity index (χ1v) is 6.28. The fraction of sp³-hybridized carbons (Fsp3) is 0.583. The molecular weight excluding hydrogens is 248 g/mol. The molecule has 0 atom stereocenters. The molecule has 0 aliphatic carbocycles. The topological polar surface area (TPSA) is 78.7 Å². The van der Waals surface area contributed by atoms with E-state index in [4.69, 9.17) is 5.11 Å². The zero-order valence-electron chi connectivity index (χ0n) is 10.9. The third-order valence-electron chi connectivity index (χ3n) is 3.31. The zero-order chi connectivity index (χ0) is 13.8. The molecule has 104 valence electrons. The average molecular weight is 266 g/mol. The van der Waals surface area contributed by atoms with Crippen LogP contribution >= 0.6 is 0 Å².